The van der Waals surface area contributed by atoms with E-state index in [2.05, 4.69) is 22.5 Å². The molecule has 7 heteroatoms. The minimum atomic E-state index is -0.357. The maximum Gasteiger partial charge on any atom is 0.230 e. The van der Waals surface area contributed by atoms with E-state index >= 15 is 0 Å². The summed E-state index contributed by atoms with van der Waals surface area (Å²) in [5, 5.41) is 15.7. The number of hydrogen-bond donors (Lipinski definition) is 3. The summed E-state index contributed by atoms with van der Waals surface area (Å²) in [7, 11) is 0. The maximum absolute atomic E-state index is 11.9. The SMILES string of the molecule is Cc1ccc2nc(CSCC(=O)NCC3CNCC3O)cn2c1. The first-order chi connectivity index (χ1) is 11.1. The van der Waals surface area contributed by atoms with Gasteiger partial charge in [0.25, 0.3) is 0 Å². The Morgan fingerprint density at radius 2 is 2.35 bits per heavy atom. The molecule has 1 aliphatic rings. The normalized spacial score (nSPS) is 21.0. The van der Waals surface area contributed by atoms with Gasteiger partial charge < -0.3 is 20.1 Å². The molecule has 2 aromatic heterocycles. The summed E-state index contributed by atoms with van der Waals surface area (Å²) in [6, 6.07) is 4.04. The molecule has 3 N–H and O–H groups in total. The van der Waals surface area contributed by atoms with Crippen molar-refractivity contribution in [2.45, 2.75) is 18.8 Å². The molecule has 0 spiro atoms. The molecule has 0 bridgehead atoms. The van der Waals surface area contributed by atoms with Crippen molar-refractivity contribution in [3.05, 3.63) is 35.8 Å². The van der Waals surface area contributed by atoms with Crippen molar-refractivity contribution < 1.29 is 9.90 Å². The van der Waals surface area contributed by atoms with Gasteiger partial charge in [-0.25, -0.2) is 4.98 Å². The number of aliphatic hydroxyl groups excluding tert-OH is 1. The van der Waals surface area contributed by atoms with Gasteiger partial charge in [-0.1, -0.05) is 6.07 Å². The zero-order valence-corrected chi connectivity index (χ0v) is 14.0. The molecule has 1 saturated heterocycles. The van der Waals surface area contributed by atoms with Crippen LogP contribution in [0.15, 0.2) is 24.5 Å². The van der Waals surface area contributed by atoms with Gasteiger partial charge in [0.1, 0.15) is 5.65 Å². The third-order valence-electron chi connectivity index (χ3n) is 4.00. The van der Waals surface area contributed by atoms with Crippen molar-refractivity contribution >= 4 is 23.3 Å². The highest BCUT2D eigenvalue weighted by Gasteiger charge is 2.24. The molecule has 3 rings (SSSR count). The second-order valence-corrected chi connectivity index (χ2v) is 6.97. The van der Waals surface area contributed by atoms with E-state index in [4.69, 9.17) is 0 Å². The average Bonchev–Trinajstić information content (AvgIpc) is 3.10. The molecule has 0 aromatic carbocycles. The molecule has 2 unspecified atom stereocenters. The van der Waals surface area contributed by atoms with Crippen LogP contribution in [-0.4, -0.2) is 51.9 Å². The summed E-state index contributed by atoms with van der Waals surface area (Å²) >= 11 is 1.55. The van der Waals surface area contributed by atoms with Crippen LogP contribution >= 0.6 is 11.8 Å². The molecule has 0 saturated carbocycles. The molecule has 23 heavy (non-hydrogen) atoms. The molecule has 1 amide bonds. The van der Waals surface area contributed by atoms with E-state index in [1.54, 1.807) is 11.8 Å². The van der Waals surface area contributed by atoms with E-state index in [1.807, 2.05) is 28.9 Å². The number of pyridine rings is 1. The van der Waals surface area contributed by atoms with Gasteiger partial charge in [0.2, 0.25) is 5.91 Å². The topological polar surface area (TPSA) is 78.7 Å². The molecule has 0 aliphatic carbocycles. The largest absolute Gasteiger partial charge is 0.391 e. The Labute approximate surface area is 139 Å². The number of rotatable bonds is 6. The minimum Gasteiger partial charge on any atom is -0.391 e. The number of thioether (sulfide) groups is 1. The molecule has 2 atom stereocenters. The lowest BCUT2D eigenvalue weighted by Gasteiger charge is -2.13. The van der Waals surface area contributed by atoms with Crippen LogP contribution in [0.1, 0.15) is 11.3 Å². The number of nitrogens with one attached hydrogen (secondary N) is 2. The lowest BCUT2D eigenvalue weighted by Crippen LogP contribution is -2.35. The number of fused-ring (bicyclic) bond motifs is 1. The van der Waals surface area contributed by atoms with Gasteiger partial charge in [0.05, 0.1) is 17.6 Å². The van der Waals surface area contributed by atoms with Gasteiger partial charge in [-0.15, -0.1) is 11.8 Å². The Balaban J connectivity index is 1.42. The number of aliphatic hydroxyl groups is 1. The predicted molar refractivity (Wildman–Crippen MR) is 91.5 cm³/mol. The fourth-order valence-electron chi connectivity index (χ4n) is 2.70. The summed E-state index contributed by atoms with van der Waals surface area (Å²) in [4.78, 5) is 16.4. The summed E-state index contributed by atoms with van der Waals surface area (Å²) in [5.74, 6) is 1.24. The Bertz CT molecular complexity index is 688. The van der Waals surface area contributed by atoms with Crippen molar-refractivity contribution in [1.82, 2.24) is 20.0 Å². The van der Waals surface area contributed by atoms with Crippen LogP contribution in [-0.2, 0) is 10.5 Å². The zero-order chi connectivity index (χ0) is 16.2. The number of aryl methyl sites for hydroxylation is 1. The van der Waals surface area contributed by atoms with Crippen LogP contribution in [0.25, 0.3) is 5.65 Å². The van der Waals surface area contributed by atoms with E-state index < -0.39 is 0 Å². The van der Waals surface area contributed by atoms with E-state index in [9.17, 15) is 9.90 Å². The van der Waals surface area contributed by atoms with E-state index in [1.165, 1.54) is 5.56 Å². The van der Waals surface area contributed by atoms with Crippen LogP contribution in [0.3, 0.4) is 0 Å². The number of nitrogens with zero attached hydrogens (tertiary/aromatic N) is 2. The smallest absolute Gasteiger partial charge is 0.230 e. The highest BCUT2D eigenvalue weighted by molar-refractivity contribution is 7.99. The monoisotopic (exact) mass is 334 g/mol. The highest BCUT2D eigenvalue weighted by atomic mass is 32.2. The zero-order valence-electron chi connectivity index (χ0n) is 13.2. The molecule has 1 aliphatic heterocycles. The summed E-state index contributed by atoms with van der Waals surface area (Å²) in [6.07, 6.45) is 3.70. The molecule has 3 heterocycles. The van der Waals surface area contributed by atoms with Gasteiger partial charge in [-0.3, -0.25) is 4.79 Å². The Hall–Kier alpha value is -1.57. The molecule has 2 aromatic rings. The second-order valence-electron chi connectivity index (χ2n) is 5.99. The minimum absolute atomic E-state index is 0.00806. The van der Waals surface area contributed by atoms with Crippen molar-refractivity contribution in [1.29, 1.82) is 0 Å². The molecular formula is C16H22N4O2S. The average molecular weight is 334 g/mol. The van der Waals surface area contributed by atoms with Crippen LogP contribution in [0.5, 0.6) is 0 Å². The van der Waals surface area contributed by atoms with Gasteiger partial charge in [0.15, 0.2) is 0 Å². The number of β-amino-alcohol motifs (C(OH)–C–C–N with tert-alkyl or cyclic N) is 1. The third-order valence-corrected chi connectivity index (χ3v) is 4.96. The van der Waals surface area contributed by atoms with E-state index in [-0.39, 0.29) is 17.9 Å². The van der Waals surface area contributed by atoms with Crippen molar-refractivity contribution in [3.63, 3.8) is 0 Å². The number of carbonyl (C=O) groups is 1. The molecular weight excluding hydrogens is 312 g/mol. The van der Waals surface area contributed by atoms with Crippen molar-refractivity contribution in [2.75, 3.05) is 25.4 Å². The fourth-order valence-corrected chi connectivity index (χ4v) is 3.43. The first kappa shape index (κ1) is 16.3. The lowest BCUT2D eigenvalue weighted by molar-refractivity contribution is -0.118. The first-order valence-corrected chi connectivity index (χ1v) is 8.95. The second kappa shape index (κ2) is 7.33. The number of imidazole rings is 1. The van der Waals surface area contributed by atoms with E-state index in [0.29, 0.717) is 24.6 Å². The standard InChI is InChI=1S/C16H22N4O2S/c1-11-2-3-15-19-13(8-20(15)7-11)9-23-10-16(22)18-5-12-4-17-6-14(12)21/h2-3,7-8,12,14,17,21H,4-6,9-10H2,1H3,(H,18,22). The number of hydrogen-bond acceptors (Lipinski definition) is 5. The van der Waals surface area contributed by atoms with Gasteiger partial charge in [-0.05, 0) is 18.6 Å². The van der Waals surface area contributed by atoms with Gasteiger partial charge >= 0.3 is 0 Å². The van der Waals surface area contributed by atoms with Gasteiger partial charge in [-0.2, -0.15) is 0 Å². The van der Waals surface area contributed by atoms with Gasteiger partial charge in [0, 0.05) is 43.7 Å². The maximum atomic E-state index is 11.9. The third kappa shape index (κ3) is 4.25. The molecule has 124 valence electrons. The summed E-state index contributed by atoms with van der Waals surface area (Å²) in [6.45, 7) is 3.95. The number of aromatic nitrogens is 2. The Morgan fingerprint density at radius 1 is 1.48 bits per heavy atom. The lowest BCUT2D eigenvalue weighted by atomic mass is 10.1. The van der Waals surface area contributed by atoms with Crippen LogP contribution in [0.2, 0.25) is 0 Å². The highest BCUT2D eigenvalue weighted by Crippen LogP contribution is 2.14. The van der Waals surface area contributed by atoms with Crippen LogP contribution in [0, 0.1) is 12.8 Å². The van der Waals surface area contributed by atoms with Crippen molar-refractivity contribution in [3.8, 4) is 0 Å². The van der Waals surface area contributed by atoms with E-state index in [0.717, 1.165) is 17.9 Å². The van der Waals surface area contributed by atoms with Crippen LogP contribution < -0.4 is 10.6 Å². The molecule has 1 fully saturated rings. The summed E-state index contributed by atoms with van der Waals surface area (Å²) < 4.78 is 2.01. The Kier molecular flexibility index (Phi) is 5.20. The first-order valence-electron chi connectivity index (χ1n) is 7.79. The Morgan fingerprint density at radius 3 is 3.13 bits per heavy atom. The molecule has 6 nitrogen and oxygen atoms in total. The quantitative estimate of drug-likeness (QED) is 0.720. The number of carbonyl (C=O) groups excluding carboxylic acids is 1. The molecule has 0 radical (unpaired) electrons. The predicted octanol–water partition coefficient (Wildman–Crippen LogP) is 0.572. The summed E-state index contributed by atoms with van der Waals surface area (Å²) in [5.41, 5.74) is 3.10. The fraction of sp³-hybridized carbons (Fsp3) is 0.500. The van der Waals surface area contributed by atoms with Crippen molar-refractivity contribution in [2.24, 2.45) is 5.92 Å². The van der Waals surface area contributed by atoms with Crippen LogP contribution in [0.4, 0.5) is 0 Å². The number of amides is 1.